The average Bonchev–Trinajstić information content (AvgIpc) is 2.81. The molecule has 0 aliphatic heterocycles. The van der Waals surface area contributed by atoms with Crippen LogP contribution in [0.2, 0.25) is 0 Å². The number of esters is 1. The van der Waals surface area contributed by atoms with Gasteiger partial charge in [0.25, 0.3) is 0 Å². The van der Waals surface area contributed by atoms with Gasteiger partial charge in [0.1, 0.15) is 5.75 Å². The fourth-order valence-electron chi connectivity index (χ4n) is 4.33. The Kier molecular flexibility index (Phi) is 11.2. The molecule has 1 atom stereocenters. The molecular weight excluding hydrogens is 438 g/mol. The molecule has 2 rings (SSSR count). The van der Waals surface area contributed by atoms with Gasteiger partial charge in [-0.15, -0.1) is 0 Å². The summed E-state index contributed by atoms with van der Waals surface area (Å²) in [6.07, 6.45) is 1.60. The van der Waals surface area contributed by atoms with Crippen molar-refractivity contribution in [3.8, 4) is 5.75 Å². The molecular formula is C29H43N3O3. The van der Waals surface area contributed by atoms with Crippen LogP contribution in [0.1, 0.15) is 61.3 Å². The maximum Gasteiger partial charge on any atom is 0.309 e. The summed E-state index contributed by atoms with van der Waals surface area (Å²) >= 11 is 0. The first-order chi connectivity index (χ1) is 16.7. The van der Waals surface area contributed by atoms with Crippen molar-refractivity contribution in [3.63, 3.8) is 0 Å². The van der Waals surface area contributed by atoms with Gasteiger partial charge in [0, 0.05) is 18.8 Å². The fourth-order valence-corrected chi connectivity index (χ4v) is 4.33. The summed E-state index contributed by atoms with van der Waals surface area (Å²) in [5.74, 6) is 0.850. The maximum absolute atomic E-state index is 12.5. The van der Waals surface area contributed by atoms with Gasteiger partial charge in [0.15, 0.2) is 0 Å². The van der Waals surface area contributed by atoms with E-state index in [4.69, 9.17) is 9.47 Å². The number of hydrogen-bond donors (Lipinski definition) is 0. The van der Waals surface area contributed by atoms with Crippen molar-refractivity contribution in [2.24, 2.45) is 27.5 Å². The third kappa shape index (κ3) is 9.35. The Morgan fingerprint density at radius 1 is 0.857 bits per heavy atom. The molecule has 0 N–H and O–H groups in total. The Balaban J connectivity index is 1.72. The van der Waals surface area contributed by atoms with Gasteiger partial charge in [0.05, 0.1) is 30.5 Å². The molecule has 2 aromatic rings. The van der Waals surface area contributed by atoms with Crippen LogP contribution in [0.15, 0.2) is 58.8 Å². The average molecular weight is 482 g/mol. The van der Waals surface area contributed by atoms with E-state index in [1.54, 1.807) is 0 Å². The molecule has 0 saturated carbocycles. The van der Waals surface area contributed by atoms with E-state index in [9.17, 15) is 4.79 Å². The first-order valence-electron chi connectivity index (χ1n) is 12.8. The lowest BCUT2D eigenvalue weighted by molar-refractivity contribution is -0.154. The Hall–Kier alpha value is -2.89. The van der Waals surface area contributed by atoms with Gasteiger partial charge in [0.2, 0.25) is 0 Å². The van der Waals surface area contributed by atoms with E-state index >= 15 is 0 Å². The van der Waals surface area contributed by atoms with Crippen LogP contribution in [0.25, 0.3) is 0 Å². The van der Waals surface area contributed by atoms with Gasteiger partial charge in [-0.25, -0.2) is 0 Å². The summed E-state index contributed by atoms with van der Waals surface area (Å²) in [5, 5.41) is 8.65. The van der Waals surface area contributed by atoms with Gasteiger partial charge in [-0.2, -0.15) is 10.2 Å². The summed E-state index contributed by atoms with van der Waals surface area (Å²) in [5.41, 5.74) is 2.69. The zero-order valence-electron chi connectivity index (χ0n) is 22.6. The molecule has 6 nitrogen and oxygen atoms in total. The second-order valence-corrected chi connectivity index (χ2v) is 10.2. The van der Waals surface area contributed by atoms with E-state index in [0.717, 1.165) is 43.1 Å². The number of anilines is 1. The van der Waals surface area contributed by atoms with Crippen molar-refractivity contribution < 1.29 is 14.3 Å². The van der Waals surface area contributed by atoms with Crippen molar-refractivity contribution in [2.45, 2.75) is 61.3 Å². The number of nitrogens with zero attached hydrogens (tertiary/aromatic N) is 3. The molecule has 0 heterocycles. The topological polar surface area (TPSA) is 63.5 Å². The van der Waals surface area contributed by atoms with Crippen molar-refractivity contribution in [1.82, 2.24) is 0 Å². The third-order valence-electron chi connectivity index (χ3n) is 6.00. The zero-order valence-corrected chi connectivity index (χ0v) is 22.6. The van der Waals surface area contributed by atoms with Crippen LogP contribution in [-0.2, 0) is 9.53 Å². The minimum absolute atomic E-state index is 0.0961. The highest BCUT2D eigenvalue weighted by Crippen LogP contribution is 2.33. The Morgan fingerprint density at radius 2 is 1.37 bits per heavy atom. The molecule has 0 bridgehead atoms. The second-order valence-electron chi connectivity index (χ2n) is 10.2. The van der Waals surface area contributed by atoms with E-state index < -0.39 is 0 Å². The number of carbonyl (C=O) groups is 1. The molecule has 0 aromatic heterocycles. The smallest absolute Gasteiger partial charge is 0.309 e. The summed E-state index contributed by atoms with van der Waals surface area (Å²) in [4.78, 5) is 14.7. The predicted molar refractivity (Wildman–Crippen MR) is 144 cm³/mol. The van der Waals surface area contributed by atoms with Crippen LogP contribution in [-0.4, -0.2) is 32.3 Å². The van der Waals surface area contributed by atoms with Crippen molar-refractivity contribution in [1.29, 1.82) is 0 Å². The van der Waals surface area contributed by atoms with E-state index in [1.165, 1.54) is 5.69 Å². The highest BCUT2D eigenvalue weighted by Gasteiger charge is 2.34. The molecule has 0 aliphatic rings. The summed E-state index contributed by atoms with van der Waals surface area (Å²) in [6, 6.07) is 15.7. The van der Waals surface area contributed by atoms with Crippen LogP contribution in [0.5, 0.6) is 5.75 Å². The van der Waals surface area contributed by atoms with Gasteiger partial charge < -0.3 is 14.4 Å². The highest BCUT2D eigenvalue weighted by molar-refractivity contribution is 5.73. The first-order valence-corrected chi connectivity index (χ1v) is 12.8. The summed E-state index contributed by atoms with van der Waals surface area (Å²) in [6.45, 7) is 17.7. The number of hydrogen-bond acceptors (Lipinski definition) is 6. The van der Waals surface area contributed by atoms with Gasteiger partial charge >= 0.3 is 5.97 Å². The number of benzene rings is 2. The lowest BCUT2D eigenvalue weighted by Gasteiger charge is -2.31. The molecule has 0 aliphatic carbocycles. The van der Waals surface area contributed by atoms with Gasteiger partial charge in [-0.1, -0.05) is 34.6 Å². The number of ether oxygens (including phenoxy) is 2. The second kappa shape index (κ2) is 13.9. The van der Waals surface area contributed by atoms with E-state index in [2.05, 4.69) is 75.7 Å². The Morgan fingerprint density at radius 3 is 1.86 bits per heavy atom. The number of unbranched alkanes of at least 4 members (excludes halogenated alkanes) is 1. The zero-order chi connectivity index (χ0) is 25.8. The fraction of sp³-hybridized carbons (Fsp3) is 0.552. The minimum Gasteiger partial charge on any atom is -0.494 e. The number of azo groups is 1. The third-order valence-corrected chi connectivity index (χ3v) is 6.00. The van der Waals surface area contributed by atoms with Crippen LogP contribution < -0.4 is 9.64 Å². The molecule has 2 aromatic carbocycles. The predicted octanol–water partition coefficient (Wildman–Crippen LogP) is 7.97. The molecule has 35 heavy (non-hydrogen) atoms. The molecule has 192 valence electrons. The van der Waals surface area contributed by atoms with E-state index in [1.807, 2.05) is 36.4 Å². The lowest BCUT2D eigenvalue weighted by Crippen LogP contribution is -2.34. The standard InChI is InChI=1S/C29H43N3O3/c1-8-32(9-2)25-16-12-23(13-17-25)30-31-24-14-18-26(19-15-24)34-20-10-11-21-35-28(33)27(22(3)4)29(5,6)7/h12-19,22,27H,8-11,20-21H2,1-7H3. The molecule has 0 amide bonds. The van der Waals surface area contributed by atoms with Crippen molar-refractivity contribution in [2.75, 3.05) is 31.2 Å². The molecule has 0 spiro atoms. The van der Waals surface area contributed by atoms with Crippen molar-refractivity contribution >= 4 is 23.0 Å². The van der Waals surface area contributed by atoms with Crippen LogP contribution in [0.3, 0.4) is 0 Å². The summed E-state index contributed by atoms with van der Waals surface area (Å²) < 4.78 is 11.3. The first kappa shape index (κ1) is 28.3. The SMILES string of the molecule is CCN(CC)c1ccc(N=Nc2ccc(OCCCCOC(=O)C(C(C)C)C(C)(C)C)cc2)cc1. The van der Waals surface area contributed by atoms with Crippen LogP contribution in [0, 0.1) is 17.3 Å². The maximum atomic E-state index is 12.5. The Labute approximate surface area is 211 Å². The van der Waals surface area contributed by atoms with E-state index in [-0.39, 0.29) is 23.2 Å². The normalized spacial score (nSPS) is 12.7. The lowest BCUT2D eigenvalue weighted by atomic mass is 9.74. The van der Waals surface area contributed by atoms with E-state index in [0.29, 0.717) is 13.2 Å². The summed E-state index contributed by atoms with van der Waals surface area (Å²) in [7, 11) is 0. The molecule has 6 heteroatoms. The highest BCUT2D eigenvalue weighted by atomic mass is 16.5. The number of rotatable bonds is 13. The molecule has 0 saturated heterocycles. The Bertz CT molecular complexity index is 912. The molecule has 0 fully saturated rings. The van der Waals surface area contributed by atoms with Crippen LogP contribution in [0.4, 0.5) is 17.1 Å². The number of carbonyl (C=O) groups excluding carboxylic acids is 1. The largest absolute Gasteiger partial charge is 0.494 e. The van der Waals surface area contributed by atoms with Crippen LogP contribution >= 0.6 is 0 Å². The van der Waals surface area contributed by atoms with Crippen molar-refractivity contribution in [3.05, 3.63) is 48.5 Å². The minimum atomic E-state index is -0.101. The monoisotopic (exact) mass is 481 g/mol. The molecule has 1 unspecified atom stereocenters. The quantitative estimate of drug-likeness (QED) is 0.165. The molecule has 0 radical (unpaired) electrons. The van der Waals surface area contributed by atoms with Gasteiger partial charge in [-0.05, 0) is 86.6 Å². The van der Waals surface area contributed by atoms with Gasteiger partial charge in [-0.3, -0.25) is 4.79 Å².